The van der Waals surface area contributed by atoms with E-state index in [9.17, 15) is 4.79 Å². The lowest BCUT2D eigenvalue weighted by Crippen LogP contribution is -2.05. The van der Waals surface area contributed by atoms with E-state index in [1.54, 1.807) is 26.4 Å². The molecule has 3 N–H and O–H groups in total. The normalized spacial score (nSPS) is 10.2. The van der Waals surface area contributed by atoms with Crippen molar-refractivity contribution in [2.45, 2.75) is 10.1 Å². The van der Waals surface area contributed by atoms with Gasteiger partial charge in [-0.2, -0.15) is 0 Å². The first-order valence-corrected chi connectivity index (χ1v) is 6.20. The van der Waals surface area contributed by atoms with E-state index in [-0.39, 0.29) is 5.56 Å². The Morgan fingerprint density at radius 1 is 1.26 bits per heavy atom. The number of rotatable bonds is 4. The van der Waals surface area contributed by atoms with Crippen LogP contribution in [-0.2, 0) is 0 Å². The number of nitrogens with zero attached hydrogens (tertiary/aromatic N) is 1. The van der Waals surface area contributed by atoms with Crippen molar-refractivity contribution in [2.75, 3.05) is 20.0 Å². The summed E-state index contributed by atoms with van der Waals surface area (Å²) in [6, 6.07) is 4.76. The monoisotopic (exact) mass is 279 g/mol. The summed E-state index contributed by atoms with van der Waals surface area (Å²) >= 11 is 1.25. The van der Waals surface area contributed by atoms with E-state index in [1.807, 2.05) is 0 Å². The number of benzene rings is 1. The molecule has 0 aliphatic rings. The molecule has 1 heterocycles. The van der Waals surface area contributed by atoms with Crippen LogP contribution < -0.4 is 20.8 Å². The van der Waals surface area contributed by atoms with E-state index in [0.29, 0.717) is 22.3 Å². The van der Waals surface area contributed by atoms with Crippen LogP contribution in [0.25, 0.3) is 0 Å². The largest absolute Gasteiger partial charge is 0.493 e. The maximum absolute atomic E-state index is 11.2. The van der Waals surface area contributed by atoms with Crippen LogP contribution in [0, 0.1) is 0 Å². The van der Waals surface area contributed by atoms with Crippen molar-refractivity contribution < 1.29 is 9.47 Å². The topological polar surface area (TPSA) is 90.2 Å². The molecule has 100 valence electrons. The molecule has 0 amide bonds. The lowest BCUT2D eigenvalue weighted by Gasteiger charge is -2.11. The first-order chi connectivity index (χ1) is 9.13. The van der Waals surface area contributed by atoms with Gasteiger partial charge in [0.25, 0.3) is 5.56 Å². The summed E-state index contributed by atoms with van der Waals surface area (Å²) in [5.41, 5.74) is 6.24. The van der Waals surface area contributed by atoms with Gasteiger partial charge in [-0.15, -0.1) is 0 Å². The van der Waals surface area contributed by atoms with E-state index in [4.69, 9.17) is 15.2 Å². The van der Waals surface area contributed by atoms with Crippen LogP contribution >= 0.6 is 11.8 Å². The Morgan fingerprint density at radius 2 is 1.95 bits per heavy atom. The van der Waals surface area contributed by atoms with Crippen LogP contribution in [0.2, 0.25) is 0 Å². The summed E-state index contributed by atoms with van der Waals surface area (Å²) in [4.78, 5) is 18.6. The minimum atomic E-state index is -0.212. The van der Waals surface area contributed by atoms with Crippen LogP contribution in [0.5, 0.6) is 11.5 Å². The van der Waals surface area contributed by atoms with Gasteiger partial charge >= 0.3 is 0 Å². The fourth-order valence-electron chi connectivity index (χ4n) is 1.47. The number of H-pyrrole nitrogens is 1. The van der Waals surface area contributed by atoms with Gasteiger partial charge in [-0.25, -0.2) is 4.98 Å². The van der Waals surface area contributed by atoms with Gasteiger partial charge in [-0.05, 0) is 11.8 Å². The summed E-state index contributed by atoms with van der Waals surface area (Å²) in [6.45, 7) is 0. The van der Waals surface area contributed by atoms with Crippen molar-refractivity contribution >= 4 is 17.4 Å². The molecule has 0 saturated heterocycles. The first-order valence-electron chi connectivity index (χ1n) is 5.38. The van der Waals surface area contributed by atoms with Crippen LogP contribution in [0.3, 0.4) is 0 Å². The molecule has 0 atom stereocenters. The smallest absolute Gasteiger partial charge is 0.251 e. The maximum atomic E-state index is 11.2. The quantitative estimate of drug-likeness (QED) is 0.651. The Labute approximate surface area is 114 Å². The van der Waals surface area contributed by atoms with E-state index < -0.39 is 0 Å². The molecular formula is C12H13N3O3S. The lowest BCUT2D eigenvalue weighted by atomic mass is 10.3. The van der Waals surface area contributed by atoms with Crippen molar-refractivity contribution in [1.82, 2.24) is 9.97 Å². The second-order valence-electron chi connectivity index (χ2n) is 3.59. The molecule has 6 nitrogen and oxygen atoms in total. The van der Waals surface area contributed by atoms with Crippen molar-refractivity contribution in [1.29, 1.82) is 0 Å². The molecule has 2 aromatic rings. The Kier molecular flexibility index (Phi) is 3.96. The number of anilines is 1. The third kappa shape index (κ3) is 3.00. The van der Waals surface area contributed by atoms with Crippen LogP contribution in [-0.4, -0.2) is 24.2 Å². The van der Waals surface area contributed by atoms with E-state index in [2.05, 4.69) is 9.97 Å². The number of nitrogens with one attached hydrogen (secondary N) is 1. The highest BCUT2D eigenvalue weighted by Crippen LogP contribution is 2.38. The number of aromatic amines is 1. The molecule has 1 aromatic heterocycles. The van der Waals surface area contributed by atoms with E-state index in [1.165, 1.54) is 24.0 Å². The van der Waals surface area contributed by atoms with Gasteiger partial charge in [0.05, 0.1) is 14.2 Å². The average Bonchev–Trinajstić information content (AvgIpc) is 2.40. The highest BCUT2D eigenvalue weighted by molar-refractivity contribution is 7.99. The zero-order chi connectivity index (χ0) is 13.8. The molecule has 0 saturated carbocycles. The number of hydrogen-bond donors (Lipinski definition) is 2. The van der Waals surface area contributed by atoms with Crippen LogP contribution in [0.15, 0.2) is 39.2 Å². The third-order valence-electron chi connectivity index (χ3n) is 2.37. The van der Waals surface area contributed by atoms with Crippen molar-refractivity contribution in [2.24, 2.45) is 0 Å². The Balaban J connectivity index is 2.37. The molecule has 1 aromatic carbocycles. The van der Waals surface area contributed by atoms with Crippen molar-refractivity contribution in [3.05, 3.63) is 34.7 Å². The summed E-state index contributed by atoms with van der Waals surface area (Å²) in [5, 5.41) is 0.464. The second kappa shape index (κ2) is 5.66. The molecule has 7 heteroatoms. The van der Waals surface area contributed by atoms with Gasteiger partial charge in [0.15, 0.2) is 16.7 Å². The molecule has 0 aliphatic heterocycles. The van der Waals surface area contributed by atoms with Crippen LogP contribution in [0.1, 0.15) is 0 Å². The van der Waals surface area contributed by atoms with E-state index in [0.717, 1.165) is 4.90 Å². The minimum Gasteiger partial charge on any atom is -0.493 e. The molecule has 0 radical (unpaired) electrons. The number of aromatic nitrogens is 2. The van der Waals surface area contributed by atoms with Crippen molar-refractivity contribution in [3.8, 4) is 11.5 Å². The summed E-state index contributed by atoms with van der Waals surface area (Å²) < 4.78 is 10.4. The molecule has 2 rings (SSSR count). The summed E-state index contributed by atoms with van der Waals surface area (Å²) in [7, 11) is 3.09. The van der Waals surface area contributed by atoms with E-state index >= 15 is 0 Å². The number of hydrogen-bond acceptors (Lipinski definition) is 6. The standard InChI is InChI=1S/C12H13N3O3S/c1-17-8-5-7(13)10(6-9(8)18-2)19-12-14-4-3-11(16)15-12/h3-6H,13H2,1-2H3,(H,14,15,16). The van der Waals surface area contributed by atoms with Gasteiger partial charge < -0.3 is 20.2 Å². The number of nitrogens with two attached hydrogens (primary N) is 1. The zero-order valence-electron chi connectivity index (χ0n) is 10.5. The average molecular weight is 279 g/mol. The molecule has 0 aliphatic carbocycles. The number of nitrogen functional groups attached to an aromatic ring is 1. The molecule has 0 fully saturated rings. The van der Waals surface area contributed by atoms with Crippen molar-refractivity contribution in [3.63, 3.8) is 0 Å². The fraction of sp³-hybridized carbons (Fsp3) is 0.167. The van der Waals surface area contributed by atoms with Gasteiger partial charge in [-0.3, -0.25) is 4.79 Å². The SMILES string of the molecule is COc1cc(N)c(Sc2nccc(=O)[nH]2)cc1OC. The Hall–Kier alpha value is -2.15. The van der Waals surface area contributed by atoms with Gasteiger partial charge in [0.2, 0.25) is 0 Å². The van der Waals surface area contributed by atoms with Gasteiger partial charge in [0, 0.05) is 35.0 Å². The number of ether oxygens (including phenoxy) is 2. The van der Waals surface area contributed by atoms with Crippen LogP contribution in [0.4, 0.5) is 5.69 Å². The third-order valence-corrected chi connectivity index (χ3v) is 3.34. The maximum Gasteiger partial charge on any atom is 0.251 e. The molecule has 0 spiro atoms. The molecule has 0 unspecified atom stereocenters. The zero-order valence-corrected chi connectivity index (χ0v) is 11.3. The molecular weight excluding hydrogens is 266 g/mol. The number of methoxy groups -OCH3 is 2. The highest BCUT2D eigenvalue weighted by Gasteiger charge is 2.11. The molecule has 19 heavy (non-hydrogen) atoms. The second-order valence-corrected chi connectivity index (χ2v) is 4.62. The fourth-order valence-corrected chi connectivity index (χ4v) is 2.29. The van der Waals surface area contributed by atoms with Gasteiger partial charge in [-0.1, -0.05) is 0 Å². The highest BCUT2D eigenvalue weighted by atomic mass is 32.2. The lowest BCUT2D eigenvalue weighted by molar-refractivity contribution is 0.354. The predicted octanol–water partition coefficient (Wildman–Crippen LogP) is 1.52. The summed E-state index contributed by atoms with van der Waals surface area (Å²) in [5.74, 6) is 1.12. The summed E-state index contributed by atoms with van der Waals surface area (Å²) in [6.07, 6.45) is 1.44. The predicted molar refractivity (Wildman–Crippen MR) is 72.9 cm³/mol. The Morgan fingerprint density at radius 3 is 2.58 bits per heavy atom. The molecule has 0 bridgehead atoms. The first kappa shape index (κ1) is 13.3. The Bertz CT molecular complexity index is 642. The van der Waals surface area contributed by atoms with Gasteiger partial charge in [0.1, 0.15) is 0 Å². The minimum absolute atomic E-state index is 0.212.